The number of hydrogen-bond acceptors (Lipinski definition) is 3. The summed E-state index contributed by atoms with van der Waals surface area (Å²) < 4.78 is 0. The Bertz CT molecular complexity index is 537. The fourth-order valence-electron chi connectivity index (χ4n) is 4.25. The minimum absolute atomic E-state index is 0. The molecule has 6 heteroatoms. The molecule has 0 atom stereocenters. The van der Waals surface area contributed by atoms with Crippen molar-refractivity contribution in [2.24, 2.45) is 10.9 Å². The molecule has 2 N–H and O–H groups in total. The van der Waals surface area contributed by atoms with Crippen LogP contribution in [0.1, 0.15) is 57.8 Å². The first-order valence-electron chi connectivity index (χ1n) is 10.5. The minimum atomic E-state index is 0. The Kier molecular flexibility index (Phi) is 10.2. The van der Waals surface area contributed by atoms with Crippen LogP contribution in [0.15, 0.2) is 29.4 Å². The SMILES string of the molecule is CN=C(NCCCCC1CCCC1)NC1CCN(c2ccccn2)CC1.I. The van der Waals surface area contributed by atoms with Gasteiger partial charge in [0.2, 0.25) is 0 Å². The molecule has 3 rings (SSSR count). The number of anilines is 1. The lowest BCUT2D eigenvalue weighted by molar-refractivity contribution is 0.455. The molecule has 5 nitrogen and oxygen atoms in total. The van der Waals surface area contributed by atoms with Crippen LogP contribution >= 0.6 is 24.0 Å². The molecule has 27 heavy (non-hydrogen) atoms. The van der Waals surface area contributed by atoms with Crippen LogP contribution in [0.3, 0.4) is 0 Å². The molecule has 0 radical (unpaired) electrons. The first-order chi connectivity index (χ1) is 12.8. The van der Waals surface area contributed by atoms with Gasteiger partial charge in [-0.25, -0.2) is 4.98 Å². The van der Waals surface area contributed by atoms with Crippen LogP contribution in [-0.2, 0) is 0 Å². The Balaban J connectivity index is 0.00000261. The summed E-state index contributed by atoms with van der Waals surface area (Å²) in [6, 6.07) is 6.63. The zero-order valence-electron chi connectivity index (χ0n) is 16.7. The Morgan fingerprint density at radius 1 is 1.15 bits per heavy atom. The summed E-state index contributed by atoms with van der Waals surface area (Å²) in [4.78, 5) is 11.2. The monoisotopic (exact) mass is 485 g/mol. The molecule has 1 saturated heterocycles. The molecule has 1 aliphatic carbocycles. The number of halogens is 1. The second-order valence-corrected chi connectivity index (χ2v) is 7.74. The highest BCUT2D eigenvalue weighted by atomic mass is 127. The van der Waals surface area contributed by atoms with Crippen molar-refractivity contribution in [3.8, 4) is 0 Å². The predicted octanol–water partition coefficient (Wildman–Crippen LogP) is 4.19. The van der Waals surface area contributed by atoms with Gasteiger partial charge in [0.1, 0.15) is 5.82 Å². The average Bonchev–Trinajstić information content (AvgIpc) is 3.21. The van der Waals surface area contributed by atoms with Gasteiger partial charge in [-0.3, -0.25) is 4.99 Å². The van der Waals surface area contributed by atoms with Crippen molar-refractivity contribution < 1.29 is 0 Å². The molecule has 0 spiro atoms. The summed E-state index contributed by atoms with van der Waals surface area (Å²) in [5, 5.41) is 7.10. The van der Waals surface area contributed by atoms with Gasteiger partial charge in [0.15, 0.2) is 5.96 Å². The lowest BCUT2D eigenvalue weighted by Gasteiger charge is -2.33. The van der Waals surface area contributed by atoms with Crippen LogP contribution in [0.5, 0.6) is 0 Å². The van der Waals surface area contributed by atoms with E-state index in [2.05, 4.69) is 37.6 Å². The van der Waals surface area contributed by atoms with Crippen molar-refractivity contribution in [2.75, 3.05) is 31.6 Å². The van der Waals surface area contributed by atoms with Crippen LogP contribution in [0.4, 0.5) is 5.82 Å². The van der Waals surface area contributed by atoms with Gasteiger partial charge in [-0.05, 0) is 37.3 Å². The van der Waals surface area contributed by atoms with E-state index in [9.17, 15) is 0 Å². The van der Waals surface area contributed by atoms with E-state index in [1.54, 1.807) is 0 Å². The van der Waals surface area contributed by atoms with Crippen LogP contribution in [0.25, 0.3) is 0 Å². The number of pyridine rings is 1. The Hall–Kier alpha value is -1.05. The molecule has 1 aliphatic heterocycles. The van der Waals surface area contributed by atoms with Gasteiger partial charge in [0.05, 0.1) is 0 Å². The van der Waals surface area contributed by atoms with Crippen LogP contribution in [0.2, 0.25) is 0 Å². The topological polar surface area (TPSA) is 52.6 Å². The van der Waals surface area contributed by atoms with Gasteiger partial charge < -0.3 is 15.5 Å². The summed E-state index contributed by atoms with van der Waals surface area (Å²) in [7, 11) is 1.87. The lowest BCUT2D eigenvalue weighted by atomic mass is 10.0. The maximum atomic E-state index is 4.46. The number of piperidine rings is 1. The molecule has 1 aromatic rings. The second kappa shape index (κ2) is 12.4. The fraction of sp³-hybridized carbons (Fsp3) is 0.714. The summed E-state index contributed by atoms with van der Waals surface area (Å²) in [5.74, 6) is 3.06. The first-order valence-corrected chi connectivity index (χ1v) is 10.5. The molecule has 2 fully saturated rings. The summed E-state index contributed by atoms with van der Waals surface area (Å²) in [6.45, 7) is 3.12. The highest BCUT2D eigenvalue weighted by Crippen LogP contribution is 2.28. The average molecular weight is 485 g/mol. The van der Waals surface area contributed by atoms with Gasteiger partial charge in [-0.2, -0.15) is 0 Å². The lowest BCUT2D eigenvalue weighted by Crippen LogP contribution is -2.49. The van der Waals surface area contributed by atoms with Gasteiger partial charge in [-0.1, -0.05) is 44.6 Å². The third kappa shape index (κ3) is 7.47. The minimum Gasteiger partial charge on any atom is -0.356 e. The Morgan fingerprint density at radius 2 is 1.93 bits per heavy atom. The molecule has 0 amide bonds. The van der Waals surface area contributed by atoms with Gasteiger partial charge in [-0.15, -0.1) is 24.0 Å². The molecular weight excluding hydrogens is 449 g/mol. The number of nitrogens with zero attached hydrogens (tertiary/aromatic N) is 3. The zero-order chi connectivity index (χ0) is 18.0. The Morgan fingerprint density at radius 3 is 2.59 bits per heavy atom. The fourth-order valence-corrected chi connectivity index (χ4v) is 4.25. The van der Waals surface area contributed by atoms with E-state index in [0.717, 1.165) is 50.2 Å². The van der Waals surface area contributed by atoms with E-state index in [-0.39, 0.29) is 24.0 Å². The molecule has 0 bridgehead atoms. The maximum Gasteiger partial charge on any atom is 0.191 e. The van der Waals surface area contributed by atoms with Gasteiger partial charge in [0, 0.05) is 38.9 Å². The van der Waals surface area contributed by atoms with E-state index in [4.69, 9.17) is 0 Å². The van der Waals surface area contributed by atoms with E-state index in [1.807, 2.05) is 19.3 Å². The molecular formula is C21H36IN5. The van der Waals surface area contributed by atoms with E-state index in [0.29, 0.717) is 6.04 Å². The highest BCUT2D eigenvalue weighted by molar-refractivity contribution is 14.0. The van der Waals surface area contributed by atoms with E-state index < -0.39 is 0 Å². The smallest absolute Gasteiger partial charge is 0.191 e. The third-order valence-corrected chi connectivity index (χ3v) is 5.84. The molecule has 2 heterocycles. The van der Waals surface area contributed by atoms with Gasteiger partial charge >= 0.3 is 0 Å². The number of guanidine groups is 1. The predicted molar refractivity (Wildman–Crippen MR) is 125 cm³/mol. The van der Waals surface area contributed by atoms with Crippen LogP contribution < -0.4 is 15.5 Å². The number of rotatable bonds is 7. The van der Waals surface area contributed by atoms with Crippen molar-refractivity contribution in [3.05, 3.63) is 24.4 Å². The van der Waals surface area contributed by atoms with E-state index >= 15 is 0 Å². The number of hydrogen-bond donors (Lipinski definition) is 2. The molecule has 152 valence electrons. The van der Waals surface area contributed by atoms with Crippen molar-refractivity contribution in [2.45, 2.75) is 63.8 Å². The Labute approximate surface area is 181 Å². The number of aromatic nitrogens is 1. The van der Waals surface area contributed by atoms with Crippen molar-refractivity contribution in [1.29, 1.82) is 0 Å². The van der Waals surface area contributed by atoms with Gasteiger partial charge in [0.25, 0.3) is 0 Å². The number of aliphatic imine (C=N–C) groups is 1. The highest BCUT2D eigenvalue weighted by Gasteiger charge is 2.20. The molecule has 0 aromatic carbocycles. The normalized spacial score (nSPS) is 19.0. The molecule has 1 saturated carbocycles. The summed E-state index contributed by atoms with van der Waals surface area (Å²) in [6.07, 6.45) is 14.0. The first kappa shape index (κ1) is 22.2. The quantitative estimate of drug-likeness (QED) is 0.263. The largest absolute Gasteiger partial charge is 0.356 e. The summed E-state index contributed by atoms with van der Waals surface area (Å²) >= 11 is 0. The van der Waals surface area contributed by atoms with Crippen molar-refractivity contribution in [1.82, 2.24) is 15.6 Å². The molecule has 0 unspecified atom stereocenters. The number of unbranched alkanes of at least 4 members (excludes halogenated alkanes) is 1. The standard InChI is InChI=1S/C21H35N5.HI/c1-22-21(24-15-6-4-10-18-8-2-3-9-18)25-19-12-16-26(17-13-19)20-11-5-7-14-23-20;/h5,7,11,14,18-19H,2-4,6,8-10,12-13,15-17H2,1H3,(H2,22,24,25);1H. The van der Waals surface area contributed by atoms with Crippen LogP contribution in [-0.4, -0.2) is 43.7 Å². The second-order valence-electron chi connectivity index (χ2n) is 7.74. The zero-order valence-corrected chi connectivity index (χ0v) is 19.0. The molecule has 1 aromatic heterocycles. The molecule has 2 aliphatic rings. The number of nitrogens with one attached hydrogen (secondary N) is 2. The maximum absolute atomic E-state index is 4.46. The van der Waals surface area contributed by atoms with Crippen molar-refractivity contribution in [3.63, 3.8) is 0 Å². The third-order valence-electron chi connectivity index (χ3n) is 5.84. The van der Waals surface area contributed by atoms with Crippen molar-refractivity contribution >= 4 is 35.8 Å². The summed E-state index contributed by atoms with van der Waals surface area (Å²) in [5.41, 5.74) is 0. The van der Waals surface area contributed by atoms with Crippen LogP contribution in [0, 0.1) is 5.92 Å². The van der Waals surface area contributed by atoms with E-state index in [1.165, 1.54) is 44.9 Å².